The lowest BCUT2D eigenvalue weighted by Gasteiger charge is -2.32. The van der Waals surface area contributed by atoms with Crippen LogP contribution in [-0.2, 0) is 6.54 Å². The van der Waals surface area contributed by atoms with Crippen LogP contribution in [0.3, 0.4) is 0 Å². The van der Waals surface area contributed by atoms with Gasteiger partial charge in [0.15, 0.2) is 0 Å². The molecule has 1 spiro atoms. The fourth-order valence-corrected chi connectivity index (χ4v) is 4.46. The molecule has 2 aromatic carbocycles. The van der Waals surface area contributed by atoms with E-state index in [1.54, 1.807) is 12.1 Å². The summed E-state index contributed by atoms with van der Waals surface area (Å²) in [5, 5.41) is 17.4. The average Bonchev–Trinajstić information content (AvgIpc) is 3.22. The second-order valence-corrected chi connectivity index (χ2v) is 8.12. The van der Waals surface area contributed by atoms with Crippen LogP contribution in [0.25, 0.3) is 11.5 Å². The molecule has 0 amide bonds. The maximum absolute atomic E-state index is 14.2. The van der Waals surface area contributed by atoms with Gasteiger partial charge in [-0.15, -0.1) is 10.2 Å². The second kappa shape index (κ2) is 7.09. The van der Waals surface area contributed by atoms with Crippen LogP contribution < -0.4 is 0 Å². The molecule has 1 aliphatic carbocycles. The van der Waals surface area contributed by atoms with E-state index < -0.39 is 0 Å². The lowest BCUT2D eigenvalue weighted by Crippen LogP contribution is -2.34. The van der Waals surface area contributed by atoms with E-state index in [2.05, 4.69) is 15.1 Å². The molecule has 0 unspecified atom stereocenters. The molecule has 3 aromatic rings. The van der Waals surface area contributed by atoms with E-state index in [0.29, 0.717) is 29.5 Å². The van der Waals surface area contributed by atoms with E-state index in [-0.39, 0.29) is 11.2 Å². The van der Waals surface area contributed by atoms with Crippen LogP contribution in [0.2, 0.25) is 0 Å². The van der Waals surface area contributed by atoms with Gasteiger partial charge < -0.3 is 4.42 Å². The molecule has 0 radical (unpaired) electrons. The Morgan fingerprint density at radius 1 is 1.14 bits per heavy atom. The van der Waals surface area contributed by atoms with Crippen molar-refractivity contribution in [3.8, 4) is 17.5 Å². The number of halogens is 1. The molecule has 1 saturated heterocycles. The predicted octanol–water partition coefficient (Wildman–Crippen LogP) is 4.52. The summed E-state index contributed by atoms with van der Waals surface area (Å²) >= 11 is 0. The lowest BCUT2D eigenvalue weighted by molar-refractivity contribution is 0.158. The van der Waals surface area contributed by atoms with Gasteiger partial charge in [-0.3, -0.25) is 4.90 Å². The Balaban J connectivity index is 1.21. The number of rotatable bonds is 4. The molecule has 1 aromatic heterocycles. The van der Waals surface area contributed by atoms with Crippen molar-refractivity contribution in [3.63, 3.8) is 0 Å². The van der Waals surface area contributed by atoms with Crippen molar-refractivity contribution in [2.75, 3.05) is 13.1 Å². The Morgan fingerprint density at radius 3 is 2.66 bits per heavy atom. The van der Waals surface area contributed by atoms with Crippen LogP contribution in [-0.4, -0.2) is 28.2 Å². The molecular weight excluding hydrogens is 367 g/mol. The summed E-state index contributed by atoms with van der Waals surface area (Å²) < 4.78 is 20.1. The van der Waals surface area contributed by atoms with Gasteiger partial charge in [-0.2, -0.15) is 5.26 Å². The molecule has 146 valence electrons. The first-order valence-corrected chi connectivity index (χ1v) is 9.97. The molecule has 1 saturated carbocycles. The summed E-state index contributed by atoms with van der Waals surface area (Å²) in [4.78, 5) is 2.29. The smallest absolute Gasteiger partial charge is 0.247 e. The topological polar surface area (TPSA) is 66.0 Å². The van der Waals surface area contributed by atoms with Crippen molar-refractivity contribution in [2.45, 2.75) is 31.7 Å². The highest BCUT2D eigenvalue weighted by Crippen LogP contribution is 2.64. The predicted molar refractivity (Wildman–Crippen MR) is 105 cm³/mol. The monoisotopic (exact) mass is 388 g/mol. The molecule has 1 aliphatic heterocycles. The molecule has 5 nitrogen and oxygen atoms in total. The molecule has 6 heteroatoms. The molecule has 5 rings (SSSR count). The zero-order valence-corrected chi connectivity index (χ0v) is 16.0. The molecular formula is C23H21FN4O. The lowest BCUT2D eigenvalue weighted by atomic mass is 9.90. The standard InChI is InChI=1S/C23H21FN4O/c24-20-12-16(14-25)6-7-18(20)15-28-10-8-23(9-11-28)13-19(23)22-27-26-21(29-22)17-4-2-1-3-5-17/h1-7,12,19H,8-11,13,15H2/t19-/m1/s1. The highest BCUT2D eigenvalue weighted by Gasteiger charge is 2.58. The maximum atomic E-state index is 14.2. The fraction of sp³-hybridized carbons (Fsp3) is 0.348. The number of hydrogen-bond acceptors (Lipinski definition) is 5. The number of nitrogens with zero attached hydrogens (tertiary/aromatic N) is 4. The average molecular weight is 388 g/mol. The summed E-state index contributed by atoms with van der Waals surface area (Å²) in [5.74, 6) is 1.36. The summed E-state index contributed by atoms with van der Waals surface area (Å²) in [7, 11) is 0. The van der Waals surface area contributed by atoms with E-state index in [1.807, 2.05) is 36.4 Å². The number of benzene rings is 2. The van der Waals surface area contributed by atoms with Crippen LogP contribution >= 0.6 is 0 Å². The van der Waals surface area contributed by atoms with E-state index in [0.717, 1.165) is 43.8 Å². The third-order valence-electron chi connectivity index (χ3n) is 6.38. The van der Waals surface area contributed by atoms with Crippen molar-refractivity contribution in [3.05, 3.63) is 71.4 Å². The summed E-state index contributed by atoms with van der Waals surface area (Å²) in [6, 6.07) is 16.5. The summed E-state index contributed by atoms with van der Waals surface area (Å²) in [6.45, 7) is 2.43. The third-order valence-corrected chi connectivity index (χ3v) is 6.38. The minimum absolute atomic E-state index is 0.250. The van der Waals surface area contributed by atoms with Gasteiger partial charge in [0, 0.05) is 23.6 Å². The minimum atomic E-state index is -0.298. The fourth-order valence-electron chi connectivity index (χ4n) is 4.46. The largest absolute Gasteiger partial charge is 0.420 e. The van der Waals surface area contributed by atoms with E-state index in [4.69, 9.17) is 9.68 Å². The third kappa shape index (κ3) is 3.43. The molecule has 0 N–H and O–H groups in total. The van der Waals surface area contributed by atoms with Crippen molar-refractivity contribution in [1.29, 1.82) is 5.26 Å². The van der Waals surface area contributed by atoms with Gasteiger partial charge in [0.25, 0.3) is 0 Å². The first kappa shape index (κ1) is 18.0. The van der Waals surface area contributed by atoms with Gasteiger partial charge >= 0.3 is 0 Å². The van der Waals surface area contributed by atoms with Crippen LogP contribution in [0.5, 0.6) is 0 Å². The first-order chi connectivity index (χ1) is 14.2. The van der Waals surface area contributed by atoms with Crippen molar-refractivity contribution < 1.29 is 8.81 Å². The van der Waals surface area contributed by atoms with Gasteiger partial charge in [-0.25, -0.2) is 4.39 Å². The van der Waals surface area contributed by atoms with Gasteiger partial charge in [-0.1, -0.05) is 24.3 Å². The van der Waals surface area contributed by atoms with Crippen LogP contribution in [0, 0.1) is 22.6 Å². The first-order valence-electron chi connectivity index (χ1n) is 9.97. The van der Waals surface area contributed by atoms with E-state index >= 15 is 0 Å². The van der Waals surface area contributed by atoms with Crippen molar-refractivity contribution in [1.82, 2.24) is 15.1 Å². The quantitative estimate of drug-likeness (QED) is 0.658. The Bertz CT molecular complexity index is 1060. The molecule has 0 bridgehead atoms. The second-order valence-electron chi connectivity index (χ2n) is 8.12. The molecule has 29 heavy (non-hydrogen) atoms. The summed E-state index contributed by atoms with van der Waals surface area (Å²) in [5.41, 5.74) is 2.20. The van der Waals surface area contributed by atoms with Gasteiger partial charge in [0.1, 0.15) is 5.82 Å². The summed E-state index contributed by atoms with van der Waals surface area (Å²) in [6.07, 6.45) is 3.19. The molecule has 1 atom stereocenters. The van der Waals surface area contributed by atoms with E-state index in [9.17, 15) is 4.39 Å². The molecule has 2 heterocycles. The zero-order valence-electron chi connectivity index (χ0n) is 16.0. The Morgan fingerprint density at radius 2 is 1.93 bits per heavy atom. The van der Waals surface area contributed by atoms with E-state index in [1.165, 1.54) is 6.07 Å². The van der Waals surface area contributed by atoms with Crippen LogP contribution in [0.1, 0.15) is 42.2 Å². The highest BCUT2D eigenvalue weighted by atomic mass is 19.1. The molecule has 2 fully saturated rings. The van der Waals surface area contributed by atoms with Gasteiger partial charge in [0.05, 0.1) is 11.6 Å². The number of hydrogen-bond donors (Lipinski definition) is 0. The minimum Gasteiger partial charge on any atom is -0.420 e. The van der Waals surface area contributed by atoms with Crippen LogP contribution in [0.4, 0.5) is 4.39 Å². The Hall–Kier alpha value is -3.04. The Kier molecular flexibility index (Phi) is 4.40. The number of aromatic nitrogens is 2. The van der Waals surface area contributed by atoms with Crippen molar-refractivity contribution >= 4 is 0 Å². The SMILES string of the molecule is N#Cc1ccc(CN2CCC3(CC2)C[C@@H]3c2nnc(-c3ccccc3)o2)c(F)c1. The van der Waals surface area contributed by atoms with Gasteiger partial charge in [-0.05, 0) is 62.0 Å². The number of piperidine rings is 1. The molecule has 2 aliphatic rings. The van der Waals surface area contributed by atoms with Gasteiger partial charge in [0.2, 0.25) is 11.8 Å². The van der Waals surface area contributed by atoms with Crippen LogP contribution in [0.15, 0.2) is 52.9 Å². The number of likely N-dealkylation sites (tertiary alicyclic amines) is 1. The highest BCUT2D eigenvalue weighted by molar-refractivity contribution is 5.51. The zero-order chi connectivity index (χ0) is 19.8. The normalized spacial score (nSPS) is 20.5. The Labute approximate surface area is 168 Å². The van der Waals surface area contributed by atoms with Crippen molar-refractivity contribution in [2.24, 2.45) is 5.41 Å². The maximum Gasteiger partial charge on any atom is 0.247 e. The number of nitriles is 1.